The highest BCUT2D eigenvalue weighted by Crippen LogP contribution is 2.33. The van der Waals surface area contributed by atoms with E-state index in [4.69, 9.17) is 4.74 Å². The van der Waals surface area contributed by atoms with E-state index in [1.54, 1.807) is 30.0 Å². The Morgan fingerprint density at radius 1 is 1.25 bits per heavy atom. The fourth-order valence-electron chi connectivity index (χ4n) is 3.10. The fraction of sp³-hybridized carbons (Fsp3) is 0.471. The van der Waals surface area contributed by atoms with Gasteiger partial charge in [-0.25, -0.2) is 0 Å². The number of para-hydroxylation sites is 2. The van der Waals surface area contributed by atoms with Crippen LogP contribution >= 0.6 is 0 Å². The molecule has 2 aliphatic rings. The lowest BCUT2D eigenvalue weighted by molar-refractivity contribution is -0.135. The molecule has 0 aliphatic carbocycles. The average molecular weight is 331 g/mol. The van der Waals surface area contributed by atoms with Crippen LogP contribution in [-0.2, 0) is 19.1 Å². The number of morpholine rings is 1. The molecule has 1 saturated heterocycles. The Morgan fingerprint density at radius 3 is 2.58 bits per heavy atom. The number of anilines is 2. The summed E-state index contributed by atoms with van der Waals surface area (Å²) < 4.78 is 5.26. The molecule has 128 valence electrons. The lowest BCUT2D eigenvalue weighted by Crippen LogP contribution is -2.48. The smallest absolute Gasteiger partial charge is 0.242 e. The predicted octanol–water partition coefficient (Wildman–Crippen LogP) is 0.491. The van der Waals surface area contributed by atoms with Crippen molar-refractivity contribution in [3.8, 4) is 0 Å². The van der Waals surface area contributed by atoms with Gasteiger partial charge in [-0.1, -0.05) is 19.1 Å². The Balaban J connectivity index is 1.90. The van der Waals surface area contributed by atoms with Crippen molar-refractivity contribution in [1.82, 2.24) is 4.90 Å². The number of benzene rings is 1. The third kappa shape index (κ3) is 3.12. The minimum absolute atomic E-state index is 0.0209. The first-order valence-electron chi connectivity index (χ1n) is 8.09. The van der Waals surface area contributed by atoms with Gasteiger partial charge in [0.25, 0.3) is 0 Å². The van der Waals surface area contributed by atoms with E-state index in [-0.39, 0.29) is 24.3 Å². The summed E-state index contributed by atoms with van der Waals surface area (Å²) in [5.74, 6) is -0.623. The molecule has 3 amide bonds. The summed E-state index contributed by atoms with van der Waals surface area (Å²) in [6.07, 6.45) is 0.732. The molecular weight excluding hydrogens is 310 g/mol. The summed E-state index contributed by atoms with van der Waals surface area (Å²) in [6.45, 7) is 4.18. The van der Waals surface area contributed by atoms with E-state index in [2.05, 4.69) is 0 Å². The number of hydrogen-bond acceptors (Lipinski definition) is 4. The van der Waals surface area contributed by atoms with Crippen LogP contribution in [0.3, 0.4) is 0 Å². The van der Waals surface area contributed by atoms with Crippen LogP contribution in [0.5, 0.6) is 0 Å². The molecule has 1 fully saturated rings. The van der Waals surface area contributed by atoms with Gasteiger partial charge < -0.3 is 19.4 Å². The molecule has 0 radical (unpaired) electrons. The number of nitrogens with zero attached hydrogens (tertiary/aromatic N) is 3. The van der Waals surface area contributed by atoms with Crippen molar-refractivity contribution in [2.24, 2.45) is 5.92 Å². The second-order valence-corrected chi connectivity index (χ2v) is 6.07. The second kappa shape index (κ2) is 7.00. The molecule has 0 saturated carbocycles. The second-order valence-electron chi connectivity index (χ2n) is 6.07. The number of fused-ring (bicyclic) bond motifs is 1. The van der Waals surface area contributed by atoms with E-state index in [0.29, 0.717) is 44.2 Å². The maximum Gasteiger partial charge on any atom is 0.242 e. The summed E-state index contributed by atoms with van der Waals surface area (Å²) in [6, 6.07) is 7.19. The summed E-state index contributed by atoms with van der Waals surface area (Å²) >= 11 is 0. The first-order valence-corrected chi connectivity index (χ1v) is 8.09. The van der Waals surface area contributed by atoms with Gasteiger partial charge in [-0.15, -0.1) is 0 Å². The lowest BCUT2D eigenvalue weighted by Gasteiger charge is -2.30. The summed E-state index contributed by atoms with van der Waals surface area (Å²) in [5.41, 5.74) is 1.25. The van der Waals surface area contributed by atoms with Crippen LogP contribution in [0.2, 0.25) is 0 Å². The first kappa shape index (κ1) is 16.4. The van der Waals surface area contributed by atoms with Crippen molar-refractivity contribution in [1.29, 1.82) is 0 Å². The molecule has 1 unspecified atom stereocenters. The number of ether oxygens (including phenoxy) is 1. The van der Waals surface area contributed by atoms with Crippen LogP contribution in [0, 0.1) is 5.92 Å². The monoisotopic (exact) mass is 331 g/mol. The van der Waals surface area contributed by atoms with Crippen molar-refractivity contribution in [2.45, 2.75) is 6.92 Å². The van der Waals surface area contributed by atoms with Crippen LogP contribution in [0.15, 0.2) is 24.3 Å². The Morgan fingerprint density at radius 2 is 1.92 bits per heavy atom. The summed E-state index contributed by atoms with van der Waals surface area (Å²) in [4.78, 5) is 41.5. The average Bonchev–Trinajstić information content (AvgIpc) is 2.73. The Kier molecular flexibility index (Phi) is 4.80. The Hall–Kier alpha value is -2.41. The highest BCUT2D eigenvalue weighted by Gasteiger charge is 2.33. The molecule has 0 N–H and O–H groups in total. The van der Waals surface area contributed by atoms with Gasteiger partial charge in [0.2, 0.25) is 18.2 Å². The third-order valence-corrected chi connectivity index (χ3v) is 4.42. The van der Waals surface area contributed by atoms with Crippen molar-refractivity contribution in [2.75, 3.05) is 49.2 Å². The molecule has 7 nitrogen and oxygen atoms in total. The highest BCUT2D eigenvalue weighted by atomic mass is 16.5. The lowest BCUT2D eigenvalue weighted by atomic mass is 10.1. The standard InChI is InChI=1S/C17H21N3O4/c1-13-10-19(12-21)14-4-2-3-5-15(14)20(17(13)23)11-16(22)18-6-8-24-9-7-18/h2-5,12-13H,6-11H2,1H3. The van der Waals surface area contributed by atoms with Crippen LogP contribution < -0.4 is 9.80 Å². The molecule has 1 aromatic carbocycles. The topological polar surface area (TPSA) is 70.2 Å². The zero-order chi connectivity index (χ0) is 17.1. The molecular formula is C17H21N3O4. The van der Waals surface area contributed by atoms with Crippen molar-refractivity contribution in [3.63, 3.8) is 0 Å². The predicted molar refractivity (Wildman–Crippen MR) is 88.8 cm³/mol. The number of amides is 3. The zero-order valence-electron chi connectivity index (χ0n) is 13.7. The molecule has 24 heavy (non-hydrogen) atoms. The molecule has 0 bridgehead atoms. The SMILES string of the molecule is CC1CN(C=O)c2ccccc2N(CC(=O)N2CCOCC2)C1=O. The Bertz CT molecular complexity index is 642. The molecule has 7 heteroatoms. The van der Waals surface area contributed by atoms with Gasteiger partial charge in [0.1, 0.15) is 6.54 Å². The van der Waals surface area contributed by atoms with Crippen molar-refractivity contribution in [3.05, 3.63) is 24.3 Å². The van der Waals surface area contributed by atoms with E-state index in [1.165, 1.54) is 9.80 Å². The Labute approximate surface area is 140 Å². The molecule has 1 aromatic rings. The van der Waals surface area contributed by atoms with Gasteiger partial charge in [0, 0.05) is 19.6 Å². The zero-order valence-corrected chi connectivity index (χ0v) is 13.7. The molecule has 3 rings (SSSR count). The van der Waals surface area contributed by atoms with E-state index in [9.17, 15) is 14.4 Å². The van der Waals surface area contributed by atoms with Crippen LogP contribution in [-0.4, -0.2) is 62.5 Å². The molecule has 0 aromatic heterocycles. The quantitative estimate of drug-likeness (QED) is 0.756. The first-order chi connectivity index (χ1) is 11.6. The molecule has 2 aliphatic heterocycles. The van der Waals surface area contributed by atoms with Gasteiger partial charge in [0.05, 0.1) is 30.5 Å². The van der Waals surface area contributed by atoms with Gasteiger partial charge in [-0.3, -0.25) is 14.4 Å². The van der Waals surface area contributed by atoms with Gasteiger partial charge in [-0.2, -0.15) is 0 Å². The highest BCUT2D eigenvalue weighted by molar-refractivity contribution is 6.05. The summed E-state index contributed by atoms with van der Waals surface area (Å²) in [5, 5.41) is 0. The summed E-state index contributed by atoms with van der Waals surface area (Å²) in [7, 11) is 0. The van der Waals surface area contributed by atoms with Gasteiger partial charge >= 0.3 is 0 Å². The maximum atomic E-state index is 12.8. The third-order valence-electron chi connectivity index (χ3n) is 4.42. The minimum atomic E-state index is -0.375. The van der Waals surface area contributed by atoms with Crippen LogP contribution in [0.25, 0.3) is 0 Å². The number of rotatable bonds is 3. The molecule has 2 heterocycles. The minimum Gasteiger partial charge on any atom is -0.378 e. The number of hydrogen-bond donors (Lipinski definition) is 0. The van der Waals surface area contributed by atoms with Crippen LogP contribution in [0.4, 0.5) is 11.4 Å². The van der Waals surface area contributed by atoms with E-state index in [0.717, 1.165) is 6.41 Å². The van der Waals surface area contributed by atoms with Gasteiger partial charge in [-0.05, 0) is 12.1 Å². The largest absolute Gasteiger partial charge is 0.378 e. The molecule has 1 atom stereocenters. The van der Waals surface area contributed by atoms with Crippen LogP contribution in [0.1, 0.15) is 6.92 Å². The molecule has 0 spiro atoms. The van der Waals surface area contributed by atoms with E-state index >= 15 is 0 Å². The van der Waals surface area contributed by atoms with Crippen molar-refractivity contribution >= 4 is 29.6 Å². The number of carbonyl (C=O) groups is 3. The number of carbonyl (C=O) groups excluding carboxylic acids is 3. The van der Waals surface area contributed by atoms with E-state index < -0.39 is 0 Å². The van der Waals surface area contributed by atoms with Crippen molar-refractivity contribution < 1.29 is 19.1 Å². The maximum absolute atomic E-state index is 12.8. The fourth-order valence-corrected chi connectivity index (χ4v) is 3.10. The van der Waals surface area contributed by atoms with Gasteiger partial charge in [0.15, 0.2) is 0 Å². The van der Waals surface area contributed by atoms with E-state index in [1.807, 2.05) is 6.07 Å². The normalized spacial score (nSPS) is 21.3.